The van der Waals surface area contributed by atoms with Crippen molar-refractivity contribution >= 4 is 5.96 Å². The quantitative estimate of drug-likeness (QED) is 0.444. The molecule has 3 heterocycles. The molecular formula is C21H36N6O. The largest absolute Gasteiger partial charge is 0.377 e. The summed E-state index contributed by atoms with van der Waals surface area (Å²) in [4.78, 5) is 4.84. The van der Waals surface area contributed by atoms with E-state index in [4.69, 9.17) is 9.73 Å². The summed E-state index contributed by atoms with van der Waals surface area (Å²) in [6, 6.07) is 0.435. The second kappa shape index (κ2) is 8.39. The molecule has 0 bridgehead atoms. The molecule has 7 nitrogen and oxygen atoms in total. The Balaban J connectivity index is 1.31. The molecule has 1 aliphatic carbocycles. The number of hydrogen-bond donors (Lipinski definition) is 2. The normalized spacial score (nSPS) is 28.8. The number of aromatic nitrogens is 3. The van der Waals surface area contributed by atoms with Crippen LogP contribution in [0.4, 0.5) is 0 Å². The molecule has 4 rings (SSSR count). The average Bonchev–Trinajstić information content (AvgIpc) is 3.22. The van der Waals surface area contributed by atoms with Crippen LogP contribution >= 0.6 is 0 Å². The molecule has 0 aromatic carbocycles. The van der Waals surface area contributed by atoms with Crippen molar-refractivity contribution in [1.82, 2.24) is 25.4 Å². The molecule has 156 valence electrons. The van der Waals surface area contributed by atoms with E-state index in [2.05, 4.69) is 46.2 Å². The minimum atomic E-state index is 0.163. The minimum absolute atomic E-state index is 0.163. The van der Waals surface area contributed by atoms with Gasteiger partial charge in [-0.3, -0.25) is 4.99 Å². The van der Waals surface area contributed by atoms with Gasteiger partial charge in [0.05, 0.1) is 6.10 Å². The number of aryl methyl sites for hydroxylation is 2. The van der Waals surface area contributed by atoms with Gasteiger partial charge in [0.15, 0.2) is 5.96 Å². The Bertz CT molecular complexity index is 697. The highest BCUT2D eigenvalue weighted by atomic mass is 16.5. The van der Waals surface area contributed by atoms with Crippen LogP contribution in [0, 0.1) is 11.3 Å². The van der Waals surface area contributed by atoms with Crippen molar-refractivity contribution < 1.29 is 4.74 Å². The van der Waals surface area contributed by atoms with Crippen molar-refractivity contribution in [3.63, 3.8) is 0 Å². The summed E-state index contributed by atoms with van der Waals surface area (Å²) in [5, 5.41) is 16.0. The maximum absolute atomic E-state index is 5.92. The number of ether oxygens (including phenoxy) is 1. The first kappa shape index (κ1) is 19.7. The van der Waals surface area contributed by atoms with E-state index in [1.165, 1.54) is 25.1 Å². The number of nitrogens with one attached hydrogen (secondary N) is 2. The summed E-state index contributed by atoms with van der Waals surface area (Å²) >= 11 is 0. The van der Waals surface area contributed by atoms with Crippen LogP contribution < -0.4 is 10.6 Å². The number of fused-ring (bicyclic) bond motifs is 2. The molecule has 1 saturated heterocycles. The van der Waals surface area contributed by atoms with Crippen LogP contribution in [0.25, 0.3) is 0 Å². The molecule has 2 fully saturated rings. The van der Waals surface area contributed by atoms with E-state index in [-0.39, 0.29) is 5.41 Å². The van der Waals surface area contributed by atoms with Gasteiger partial charge in [0.25, 0.3) is 0 Å². The molecule has 3 unspecified atom stereocenters. The first-order valence-electron chi connectivity index (χ1n) is 11.2. The van der Waals surface area contributed by atoms with Crippen LogP contribution in [-0.2, 0) is 24.1 Å². The predicted molar refractivity (Wildman–Crippen MR) is 110 cm³/mol. The molecule has 1 aromatic heterocycles. The van der Waals surface area contributed by atoms with Crippen molar-refractivity contribution in [2.75, 3.05) is 19.7 Å². The molecule has 7 heteroatoms. The van der Waals surface area contributed by atoms with Crippen LogP contribution in [0.1, 0.15) is 64.5 Å². The van der Waals surface area contributed by atoms with Gasteiger partial charge in [-0.25, -0.2) is 0 Å². The lowest BCUT2D eigenvalue weighted by atomic mass is 9.57. The minimum Gasteiger partial charge on any atom is -0.377 e. The molecule has 0 amide bonds. The molecule has 0 spiro atoms. The van der Waals surface area contributed by atoms with E-state index in [9.17, 15) is 0 Å². The first-order chi connectivity index (χ1) is 13.6. The summed E-state index contributed by atoms with van der Waals surface area (Å²) < 4.78 is 8.26. The summed E-state index contributed by atoms with van der Waals surface area (Å²) in [6.45, 7) is 10.4. The lowest BCUT2D eigenvalue weighted by molar-refractivity contribution is -0.106. The lowest BCUT2D eigenvalue weighted by Crippen LogP contribution is -2.67. The SMILES string of the molecule is CCNC(=NCCCc1nnc2n1CCCCC2)NC1C2CCOC2C1(C)C. The summed E-state index contributed by atoms with van der Waals surface area (Å²) in [5.41, 5.74) is 0.163. The lowest BCUT2D eigenvalue weighted by Gasteiger charge is -2.54. The zero-order valence-electron chi connectivity index (χ0n) is 17.7. The van der Waals surface area contributed by atoms with Gasteiger partial charge >= 0.3 is 0 Å². The Hall–Kier alpha value is -1.63. The molecule has 1 saturated carbocycles. The maximum Gasteiger partial charge on any atom is 0.191 e. The number of hydrogen-bond acceptors (Lipinski definition) is 4. The Morgan fingerprint density at radius 3 is 3.04 bits per heavy atom. The van der Waals surface area contributed by atoms with E-state index in [0.717, 1.165) is 63.7 Å². The summed E-state index contributed by atoms with van der Waals surface area (Å²) in [5.74, 6) is 3.86. The number of guanidine groups is 1. The zero-order chi connectivity index (χ0) is 19.6. The zero-order valence-corrected chi connectivity index (χ0v) is 17.7. The molecule has 3 atom stereocenters. The number of nitrogens with zero attached hydrogens (tertiary/aromatic N) is 4. The van der Waals surface area contributed by atoms with Gasteiger partial charge in [0.1, 0.15) is 11.6 Å². The fraction of sp³-hybridized carbons (Fsp3) is 0.857. The highest BCUT2D eigenvalue weighted by molar-refractivity contribution is 5.80. The highest BCUT2D eigenvalue weighted by Crippen LogP contribution is 2.52. The van der Waals surface area contributed by atoms with Gasteiger partial charge in [-0.1, -0.05) is 20.3 Å². The van der Waals surface area contributed by atoms with Crippen LogP contribution in [-0.4, -0.2) is 52.6 Å². The van der Waals surface area contributed by atoms with E-state index in [0.29, 0.717) is 18.1 Å². The molecule has 3 aliphatic rings. The average molecular weight is 389 g/mol. The topological polar surface area (TPSA) is 76.4 Å². The first-order valence-corrected chi connectivity index (χ1v) is 11.2. The third-order valence-electron chi connectivity index (χ3n) is 6.75. The van der Waals surface area contributed by atoms with E-state index >= 15 is 0 Å². The molecule has 0 radical (unpaired) electrons. The third kappa shape index (κ3) is 3.78. The van der Waals surface area contributed by atoms with Crippen LogP contribution in [0.3, 0.4) is 0 Å². The van der Waals surface area contributed by atoms with Crippen molar-refractivity contribution in [3.8, 4) is 0 Å². The Morgan fingerprint density at radius 1 is 1.29 bits per heavy atom. The van der Waals surface area contributed by atoms with Crippen molar-refractivity contribution in [2.45, 2.75) is 84.4 Å². The van der Waals surface area contributed by atoms with Crippen LogP contribution in [0.5, 0.6) is 0 Å². The molecule has 28 heavy (non-hydrogen) atoms. The maximum atomic E-state index is 5.92. The van der Waals surface area contributed by atoms with Gasteiger partial charge < -0.3 is 19.9 Å². The number of aliphatic imine (C=N–C) groups is 1. The monoisotopic (exact) mass is 388 g/mol. The smallest absolute Gasteiger partial charge is 0.191 e. The predicted octanol–water partition coefficient (Wildman–Crippen LogP) is 2.31. The van der Waals surface area contributed by atoms with Gasteiger partial charge in [0.2, 0.25) is 0 Å². The van der Waals surface area contributed by atoms with Gasteiger partial charge in [-0.15, -0.1) is 10.2 Å². The molecule has 1 aromatic rings. The summed E-state index contributed by atoms with van der Waals surface area (Å²) in [7, 11) is 0. The van der Waals surface area contributed by atoms with Crippen molar-refractivity contribution in [1.29, 1.82) is 0 Å². The van der Waals surface area contributed by atoms with E-state index in [1.54, 1.807) is 0 Å². The van der Waals surface area contributed by atoms with Gasteiger partial charge in [0, 0.05) is 56.5 Å². The van der Waals surface area contributed by atoms with Crippen molar-refractivity contribution in [3.05, 3.63) is 11.6 Å². The van der Waals surface area contributed by atoms with Crippen LogP contribution in [0.15, 0.2) is 4.99 Å². The molecule has 2 aliphatic heterocycles. The summed E-state index contributed by atoms with van der Waals surface area (Å²) in [6.07, 6.45) is 8.36. The molecule has 2 N–H and O–H groups in total. The second-order valence-electron chi connectivity index (χ2n) is 9.05. The van der Waals surface area contributed by atoms with E-state index in [1.807, 2.05) is 0 Å². The second-order valence-corrected chi connectivity index (χ2v) is 9.05. The Kier molecular flexibility index (Phi) is 5.90. The standard InChI is InChI=1S/C21H36N6O/c1-4-22-20(24-18-15-11-14-28-19(15)21(18,2)3)23-12-8-10-17-26-25-16-9-6-5-7-13-27(16)17/h15,18-19H,4-14H2,1-3H3,(H2,22,23,24). The van der Waals surface area contributed by atoms with Crippen LogP contribution in [0.2, 0.25) is 0 Å². The highest BCUT2D eigenvalue weighted by Gasteiger charge is 2.59. The van der Waals surface area contributed by atoms with E-state index < -0.39 is 0 Å². The Morgan fingerprint density at radius 2 is 2.18 bits per heavy atom. The fourth-order valence-corrected chi connectivity index (χ4v) is 5.24. The third-order valence-corrected chi connectivity index (χ3v) is 6.75. The van der Waals surface area contributed by atoms with Gasteiger partial charge in [-0.05, 0) is 32.6 Å². The van der Waals surface area contributed by atoms with Gasteiger partial charge in [-0.2, -0.15) is 0 Å². The van der Waals surface area contributed by atoms with Crippen molar-refractivity contribution in [2.24, 2.45) is 16.3 Å². The molecular weight excluding hydrogens is 352 g/mol. The Labute approximate surface area is 168 Å². The fourth-order valence-electron chi connectivity index (χ4n) is 5.24. The number of rotatable bonds is 6.